The molecule has 0 N–H and O–H groups in total. The van der Waals surface area contributed by atoms with E-state index >= 15 is 0 Å². The third-order valence-corrected chi connectivity index (χ3v) is 11.8. The highest BCUT2D eigenvalue weighted by atomic mass is 31.2. The van der Waals surface area contributed by atoms with Crippen LogP contribution in [0.15, 0.2) is 38.0 Å². The van der Waals surface area contributed by atoms with Crippen LogP contribution in [0.3, 0.4) is 0 Å². The highest BCUT2D eigenvalue weighted by Gasteiger charge is 2.43. The van der Waals surface area contributed by atoms with Gasteiger partial charge in [0.05, 0.1) is 18.3 Å². The van der Waals surface area contributed by atoms with Crippen LogP contribution in [-0.2, 0) is 22.6 Å². The first kappa shape index (κ1) is 25.5. The second-order valence-electron chi connectivity index (χ2n) is 9.16. The fraction of sp³-hybridized carbons (Fsp3) is 0.714. The number of hydrogen-bond donors (Lipinski definition) is 0. The van der Waals surface area contributed by atoms with Gasteiger partial charge in [0.25, 0.3) is 0 Å². The van der Waals surface area contributed by atoms with Crippen molar-refractivity contribution < 1.29 is 22.6 Å². The Morgan fingerprint density at radius 3 is 2.04 bits per heavy atom. The lowest BCUT2D eigenvalue weighted by molar-refractivity contribution is -0.0197. The molecule has 0 bridgehead atoms. The molecule has 162 valence electrons. The molecule has 1 aliphatic heterocycles. The summed E-state index contributed by atoms with van der Waals surface area (Å²) in [7, 11) is -5.67. The Kier molecular flexibility index (Phi) is 9.13. The normalized spacial score (nSPS) is 29.5. The zero-order valence-corrected chi connectivity index (χ0v) is 20.5. The number of phosphoric ester groups is 1. The van der Waals surface area contributed by atoms with Crippen LogP contribution in [0.25, 0.3) is 0 Å². The smallest absolute Gasteiger partial charge is 0.416 e. The van der Waals surface area contributed by atoms with Gasteiger partial charge in [0.15, 0.2) is 8.32 Å². The Labute approximate surface area is 172 Å². The molecule has 0 spiro atoms. The van der Waals surface area contributed by atoms with Gasteiger partial charge in [-0.1, -0.05) is 52.8 Å². The molecule has 0 aliphatic carbocycles. The molecule has 1 fully saturated rings. The van der Waals surface area contributed by atoms with E-state index in [0.29, 0.717) is 13.0 Å². The topological polar surface area (TPSA) is 54.0 Å². The minimum absolute atomic E-state index is 0.0218. The van der Waals surface area contributed by atoms with Crippen molar-refractivity contribution in [2.75, 3.05) is 6.61 Å². The fourth-order valence-corrected chi connectivity index (χ4v) is 5.62. The average molecular weight is 431 g/mol. The van der Waals surface area contributed by atoms with Crippen LogP contribution in [0.2, 0.25) is 18.1 Å². The quantitative estimate of drug-likeness (QED) is 0.225. The maximum atomic E-state index is 13.2. The zero-order chi connectivity index (χ0) is 21.8. The van der Waals surface area contributed by atoms with Gasteiger partial charge in [0, 0.05) is 24.9 Å². The van der Waals surface area contributed by atoms with Gasteiger partial charge in [-0.2, -0.15) is 0 Å². The molecule has 7 heteroatoms. The van der Waals surface area contributed by atoms with Gasteiger partial charge in [-0.15, -0.1) is 19.7 Å². The monoisotopic (exact) mass is 430 g/mol. The number of phosphoric acid groups is 1. The van der Waals surface area contributed by atoms with Gasteiger partial charge >= 0.3 is 7.82 Å². The van der Waals surface area contributed by atoms with E-state index in [4.69, 9.17) is 18.0 Å². The Morgan fingerprint density at radius 1 is 1.14 bits per heavy atom. The SMILES string of the molecule is C=C[C@@H](C)[C@@H](OP1(=O)O[C@@H](C=C)C[C@H](C=C)O1)[C@H](C)CO[Si](C)(C)C(C)(C)C. The molecule has 0 saturated carbocycles. The lowest BCUT2D eigenvalue weighted by Crippen LogP contribution is -2.43. The van der Waals surface area contributed by atoms with Crippen LogP contribution < -0.4 is 0 Å². The van der Waals surface area contributed by atoms with Crippen LogP contribution in [0.1, 0.15) is 41.0 Å². The predicted molar refractivity (Wildman–Crippen MR) is 119 cm³/mol. The molecule has 0 amide bonds. The van der Waals surface area contributed by atoms with E-state index in [1.165, 1.54) is 0 Å². The van der Waals surface area contributed by atoms with E-state index in [1.54, 1.807) is 18.2 Å². The maximum absolute atomic E-state index is 13.2. The first-order valence-electron chi connectivity index (χ1n) is 9.95. The first-order valence-corrected chi connectivity index (χ1v) is 14.3. The van der Waals surface area contributed by atoms with Gasteiger partial charge in [0.2, 0.25) is 0 Å². The molecule has 0 radical (unpaired) electrons. The summed E-state index contributed by atoms with van der Waals surface area (Å²) in [6.45, 7) is 26.9. The molecule has 5 nitrogen and oxygen atoms in total. The van der Waals surface area contributed by atoms with Crippen molar-refractivity contribution >= 4 is 16.1 Å². The summed E-state index contributed by atoms with van der Waals surface area (Å²) < 4.78 is 36.8. The fourth-order valence-electron chi connectivity index (χ4n) is 2.65. The van der Waals surface area contributed by atoms with Crippen molar-refractivity contribution in [2.45, 2.75) is 77.5 Å². The first-order chi connectivity index (χ1) is 12.8. The van der Waals surface area contributed by atoms with Gasteiger partial charge in [-0.3, -0.25) is 13.6 Å². The molecule has 1 heterocycles. The lowest BCUT2D eigenvalue weighted by Gasteiger charge is -2.39. The molecule has 0 aromatic heterocycles. The van der Waals surface area contributed by atoms with Gasteiger partial charge in [-0.25, -0.2) is 4.57 Å². The lowest BCUT2D eigenvalue weighted by atomic mass is 9.94. The van der Waals surface area contributed by atoms with Crippen molar-refractivity contribution in [3.63, 3.8) is 0 Å². The highest BCUT2D eigenvalue weighted by molar-refractivity contribution is 7.48. The van der Waals surface area contributed by atoms with Crippen LogP contribution in [-0.4, -0.2) is 33.2 Å². The largest absolute Gasteiger partial charge is 0.476 e. The van der Waals surface area contributed by atoms with E-state index in [1.807, 2.05) is 13.8 Å². The summed E-state index contributed by atoms with van der Waals surface area (Å²) >= 11 is 0. The van der Waals surface area contributed by atoms with E-state index in [-0.39, 0.29) is 16.9 Å². The van der Waals surface area contributed by atoms with E-state index < -0.39 is 34.5 Å². The Balaban J connectivity index is 2.95. The molecule has 1 aliphatic rings. The molecule has 0 aromatic rings. The molecule has 1 saturated heterocycles. The predicted octanol–water partition coefficient (Wildman–Crippen LogP) is 6.51. The Hall–Kier alpha value is -0.493. The summed E-state index contributed by atoms with van der Waals surface area (Å²) in [5.74, 6) is -0.0752. The number of rotatable bonds is 10. The summed E-state index contributed by atoms with van der Waals surface area (Å²) in [6, 6.07) is 0. The third kappa shape index (κ3) is 6.79. The number of hydrogen-bond acceptors (Lipinski definition) is 5. The van der Waals surface area contributed by atoms with E-state index in [2.05, 4.69) is 53.6 Å². The minimum atomic E-state index is -3.77. The van der Waals surface area contributed by atoms with Crippen molar-refractivity contribution in [3.8, 4) is 0 Å². The molecule has 5 atom stereocenters. The molecule has 1 rings (SSSR count). The van der Waals surface area contributed by atoms with Gasteiger partial charge in [-0.05, 0) is 18.1 Å². The summed E-state index contributed by atoms with van der Waals surface area (Å²) in [6.07, 6.45) is 4.32. The van der Waals surface area contributed by atoms with Gasteiger partial charge in [0.1, 0.15) is 0 Å². The zero-order valence-electron chi connectivity index (χ0n) is 18.6. The molecule has 0 aromatic carbocycles. The van der Waals surface area contributed by atoms with Crippen molar-refractivity contribution in [2.24, 2.45) is 11.8 Å². The third-order valence-electron chi connectivity index (χ3n) is 5.73. The standard InChI is InChI=1S/C21H39O5PSi/c1-11-16(4)20(17(5)15-23-28(9,10)21(6,7)8)26-27(22)24-18(12-2)14-19(13-3)25-27/h11-13,16-20H,1-3,14-15H2,4-10H3/t16-,17-,18+,19+,20-/m1/s1. The molecular formula is C21H39O5PSi. The van der Waals surface area contributed by atoms with Crippen molar-refractivity contribution in [1.29, 1.82) is 0 Å². The van der Waals surface area contributed by atoms with E-state index in [0.717, 1.165) is 0 Å². The van der Waals surface area contributed by atoms with Crippen LogP contribution in [0.4, 0.5) is 0 Å². The molecule has 28 heavy (non-hydrogen) atoms. The summed E-state index contributed by atoms with van der Waals surface area (Å²) in [5, 5.41) is 0.115. The highest BCUT2D eigenvalue weighted by Crippen LogP contribution is 2.57. The van der Waals surface area contributed by atoms with Crippen molar-refractivity contribution in [3.05, 3.63) is 38.0 Å². The second kappa shape index (κ2) is 10.0. The summed E-state index contributed by atoms with van der Waals surface area (Å²) in [5.41, 5.74) is 0. The average Bonchev–Trinajstić information content (AvgIpc) is 2.62. The van der Waals surface area contributed by atoms with Gasteiger partial charge < -0.3 is 4.43 Å². The van der Waals surface area contributed by atoms with Crippen LogP contribution >= 0.6 is 7.82 Å². The van der Waals surface area contributed by atoms with Crippen LogP contribution in [0.5, 0.6) is 0 Å². The van der Waals surface area contributed by atoms with E-state index in [9.17, 15) is 4.57 Å². The van der Waals surface area contributed by atoms with Crippen LogP contribution in [0, 0.1) is 11.8 Å². The maximum Gasteiger partial charge on any atom is 0.476 e. The van der Waals surface area contributed by atoms with Crippen molar-refractivity contribution in [1.82, 2.24) is 0 Å². The Morgan fingerprint density at radius 2 is 1.64 bits per heavy atom. The molecular weight excluding hydrogens is 391 g/mol. The molecule has 0 unspecified atom stereocenters. The Bertz CT molecular complexity index is 578. The second-order valence-corrected chi connectivity index (χ2v) is 15.5. The minimum Gasteiger partial charge on any atom is -0.416 e. The summed E-state index contributed by atoms with van der Waals surface area (Å²) in [4.78, 5) is 0.